The topological polar surface area (TPSA) is 107 Å². The number of carbonyl (C=O) groups is 3. The first kappa shape index (κ1) is 20.3. The molecule has 5 rings (SSSR count). The smallest absolute Gasteiger partial charge is 0.328 e. The molecule has 0 radical (unpaired) electrons. The summed E-state index contributed by atoms with van der Waals surface area (Å²) in [5, 5.41) is 5.12. The van der Waals surface area contributed by atoms with Gasteiger partial charge in [0.1, 0.15) is 24.1 Å². The summed E-state index contributed by atoms with van der Waals surface area (Å²) in [6.45, 7) is 3.22. The number of rotatable bonds is 5. The Morgan fingerprint density at radius 2 is 1.88 bits per heavy atom. The van der Waals surface area contributed by atoms with Gasteiger partial charge in [0, 0.05) is 36.3 Å². The van der Waals surface area contributed by atoms with Crippen LogP contribution >= 0.6 is 0 Å². The van der Waals surface area contributed by atoms with Crippen molar-refractivity contribution in [2.24, 2.45) is 5.92 Å². The van der Waals surface area contributed by atoms with Gasteiger partial charge in [-0.2, -0.15) is 5.10 Å². The van der Waals surface area contributed by atoms with Gasteiger partial charge in [0.05, 0.1) is 12.6 Å². The van der Waals surface area contributed by atoms with E-state index in [0.717, 1.165) is 17.5 Å². The molecule has 1 aliphatic heterocycles. The summed E-state index contributed by atoms with van der Waals surface area (Å²) in [6.07, 6.45) is 5.03. The third-order valence-corrected chi connectivity index (χ3v) is 6.35. The molecule has 164 valence electrons. The van der Waals surface area contributed by atoms with Gasteiger partial charge in [0.2, 0.25) is 5.91 Å². The van der Waals surface area contributed by atoms with Gasteiger partial charge in [-0.05, 0) is 43.4 Å². The van der Waals surface area contributed by atoms with E-state index in [0.29, 0.717) is 34.8 Å². The Bertz CT molecular complexity index is 1250. The number of ketones is 1. The molecule has 2 aromatic heterocycles. The summed E-state index contributed by atoms with van der Waals surface area (Å²) in [4.78, 5) is 47.7. The van der Waals surface area contributed by atoms with Gasteiger partial charge in [-0.3, -0.25) is 14.3 Å². The van der Waals surface area contributed by atoms with E-state index < -0.39 is 6.04 Å². The predicted octanol–water partition coefficient (Wildman–Crippen LogP) is 2.17. The molecule has 2 fully saturated rings. The van der Waals surface area contributed by atoms with Crippen molar-refractivity contribution in [3.8, 4) is 11.1 Å². The predicted molar refractivity (Wildman–Crippen MR) is 115 cm³/mol. The van der Waals surface area contributed by atoms with E-state index in [9.17, 15) is 14.4 Å². The van der Waals surface area contributed by atoms with Crippen LogP contribution in [0.5, 0.6) is 0 Å². The maximum absolute atomic E-state index is 13.2. The maximum atomic E-state index is 13.2. The van der Waals surface area contributed by atoms with E-state index in [1.54, 1.807) is 22.0 Å². The van der Waals surface area contributed by atoms with Gasteiger partial charge < -0.3 is 9.64 Å². The van der Waals surface area contributed by atoms with Crippen LogP contribution in [-0.4, -0.2) is 61.5 Å². The lowest BCUT2D eigenvalue weighted by Crippen LogP contribution is -2.45. The number of hydrogen-bond donors (Lipinski definition) is 0. The number of nitrogens with zero attached hydrogens (tertiary/aromatic N) is 5. The Balaban J connectivity index is 1.49. The number of fused-ring (bicyclic) bond motifs is 2. The van der Waals surface area contributed by atoms with Gasteiger partial charge in [-0.15, -0.1) is 0 Å². The van der Waals surface area contributed by atoms with Crippen molar-refractivity contribution in [3.63, 3.8) is 0 Å². The number of piperidine rings is 1. The Hall–Kier alpha value is -3.62. The molecule has 9 heteroatoms. The standard InChI is InChI=1S/C23H23N5O4/c1-12(29)22-17-6-14(16-9-24-13(2)25-10-16)4-5-18(17)27(26-22)11-21(30)28-19-7-15(19)8-20(28)23(31)32-3/h4-6,9-10,15,19-20H,7-8,11H2,1-3H3/t15-,19-,20+/m1/s1. The normalized spacial score (nSPS) is 21.5. The molecular formula is C23H23N5O4. The largest absolute Gasteiger partial charge is 0.467 e. The lowest BCUT2D eigenvalue weighted by molar-refractivity contribution is -0.152. The fourth-order valence-electron chi connectivity index (χ4n) is 4.65. The average Bonchev–Trinajstić information content (AvgIpc) is 3.29. The minimum atomic E-state index is -0.543. The van der Waals surface area contributed by atoms with E-state index in [1.807, 2.05) is 25.1 Å². The van der Waals surface area contributed by atoms with Crippen LogP contribution in [0.3, 0.4) is 0 Å². The molecule has 3 aromatic rings. The third-order valence-electron chi connectivity index (χ3n) is 6.35. The molecule has 3 heterocycles. The van der Waals surface area contributed by atoms with E-state index in [-0.39, 0.29) is 30.2 Å². The first-order valence-corrected chi connectivity index (χ1v) is 10.6. The van der Waals surface area contributed by atoms with E-state index >= 15 is 0 Å². The van der Waals surface area contributed by atoms with E-state index in [4.69, 9.17) is 4.74 Å². The molecular weight excluding hydrogens is 410 g/mol. The van der Waals surface area contributed by atoms with Crippen LogP contribution in [0.1, 0.15) is 36.1 Å². The highest BCUT2D eigenvalue weighted by Gasteiger charge is 2.56. The second kappa shape index (κ2) is 7.51. The molecule has 2 aliphatic rings. The molecule has 1 aromatic carbocycles. The SMILES string of the molecule is COC(=O)[C@@H]1C[C@H]2C[C@H]2N1C(=O)Cn1nc(C(C)=O)c2cc(-c3cnc(C)nc3)ccc21. The molecule has 9 nitrogen and oxygen atoms in total. The summed E-state index contributed by atoms with van der Waals surface area (Å²) in [5.41, 5.74) is 2.67. The van der Waals surface area contributed by atoms with Crippen molar-refractivity contribution < 1.29 is 19.1 Å². The van der Waals surface area contributed by atoms with Gasteiger partial charge in [0.15, 0.2) is 5.78 Å². The van der Waals surface area contributed by atoms with E-state index in [1.165, 1.54) is 14.0 Å². The number of hydrogen-bond acceptors (Lipinski definition) is 7. The van der Waals surface area contributed by atoms with Crippen molar-refractivity contribution >= 4 is 28.6 Å². The molecule has 0 N–H and O–H groups in total. The number of carbonyl (C=O) groups excluding carboxylic acids is 3. The summed E-state index contributed by atoms with van der Waals surface area (Å²) in [6, 6.07) is 5.16. The van der Waals surface area contributed by atoms with Crippen LogP contribution in [0.25, 0.3) is 22.0 Å². The number of ether oxygens (including phenoxy) is 1. The van der Waals surface area contributed by atoms with Crippen molar-refractivity contribution in [2.75, 3.05) is 7.11 Å². The number of benzene rings is 1. The average molecular weight is 433 g/mol. The van der Waals surface area contributed by atoms with Gasteiger partial charge >= 0.3 is 5.97 Å². The quantitative estimate of drug-likeness (QED) is 0.448. The molecule has 1 saturated carbocycles. The summed E-state index contributed by atoms with van der Waals surface area (Å²) in [5.74, 6) is 0.278. The van der Waals surface area contributed by atoms with Gasteiger partial charge in [0.25, 0.3) is 0 Å². The molecule has 1 amide bonds. The van der Waals surface area contributed by atoms with Crippen molar-refractivity contribution in [2.45, 2.75) is 45.3 Å². The van der Waals surface area contributed by atoms with Crippen molar-refractivity contribution in [3.05, 3.63) is 42.1 Å². The lowest BCUT2D eigenvalue weighted by atomic mass is 10.0. The second-order valence-corrected chi connectivity index (χ2v) is 8.45. The lowest BCUT2D eigenvalue weighted by Gasteiger charge is -2.25. The van der Waals surface area contributed by atoms with E-state index in [2.05, 4.69) is 15.1 Å². The first-order valence-electron chi connectivity index (χ1n) is 10.6. The number of Topliss-reactive ketones (excluding diaryl/α,β-unsaturated/α-hetero) is 1. The monoisotopic (exact) mass is 433 g/mol. The first-order chi connectivity index (χ1) is 15.4. The van der Waals surface area contributed by atoms with Crippen LogP contribution in [0.15, 0.2) is 30.6 Å². The Morgan fingerprint density at radius 3 is 2.56 bits per heavy atom. The van der Waals surface area contributed by atoms with Gasteiger partial charge in [-0.1, -0.05) is 6.07 Å². The minimum absolute atomic E-state index is 0.0481. The van der Waals surface area contributed by atoms with Crippen LogP contribution in [-0.2, 0) is 20.9 Å². The fourth-order valence-corrected chi connectivity index (χ4v) is 4.65. The summed E-state index contributed by atoms with van der Waals surface area (Å²) < 4.78 is 6.44. The third kappa shape index (κ3) is 3.34. The number of amides is 1. The highest BCUT2D eigenvalue weighted by molar-refractivity contribution is 6.06. The number of esters is 1. The fraction of sp³-hybridized carbons (Fsp3) is 0.391. The summed E-state index contributed by atoms with van der Waals surface area (Å²) >= 11 is 0. The Morgan fingerprint density at radius 1 is 1.12 bits per heavy atom. The zero-order valence-electron chi connectivity index (χ0n) is 18.1. The number of likely N-dealkylation sites (tertiary alicyclic amines) is 1. The van der Waals surface area contributed by atoms with Crippen LogP contribution in [0.2, 0.25) is 0 Å². The summed E-state index contributed by atoms with van der Waals surface area (Å²) in [7, 11) is 1.34. The molecule has 0 unspecified atom stereocenters. The van der Waals surface area contributed by atoms with Gasteiger partial charge in [-0.25, -0.2) is 14.8 Å². The number of methoxy groups -OCH3 is 1. The Labute approximate surface area is 184 Å². The van der Waals surface area contributed by atoms with Crippen molar-refractivity contribution in [1.29, 1.82) is 0 Å². The van der Waals surface area contributed by atoms with Crippen LogP contribution in [0.4, 0.5) is 0 Å². The molecule has 3 atom stereocenters. The zero-order chi connectivity index (χ0) is 22.6. The zero-order valence-corrected chi connectivity index (χ0v) is 18.1. The number of aryl methyl sites for hydroxylation is 1. The van der Waals surface area contributed by atoms with Crippen molar-refractivity contribution in [1.82, 2.24) is 24.6 Å². The molecule has 1 aliphatic carbocycles. The highest BCUT2D eigenvalue weighted by Crippen LogP contribution is 2.48. The second-order valence-electron chi connectivity index (χ2n) is 8.45. The Kier molecular flexibility index (Phi) is 4.76. The maximum Gasteiger partial charge on any atom is 0.328 e. The van der Waals surface area contributed by atoms with Crippen LogP contribution < -0.4 is 0 Å². The minimum Gasteiger partial charge on any atom is -0.467 e. The molecule has 1 saturated heterocycles. The molecule has 32 heavy (non-hydrogen) atoms. The number of aromatic nitrogens is 4. The molecule has 0 spiro atoms. The highest BCUT2D eigenvalue weighted by atomic mass is 16.5. The van der Waals surface area contributed by atoms with Crippen LogP contribution in [0, 0.1) is 12.8 Å². The molecule has 0 bridgehead atoms.